The van der Waals surface area contributed by atoms with E-state index in [-0.39, 0.29) is 10.3 Å². The molecule has 1 aromatic carbocycles. The lowest BCUT2D eigenvalue weighted by Gasteiger charge is -2.13. The first-order valence-electron chi connectivity index (χ1n) is 5.13. The van der Waals surface area contributed by atoms with Gasteiger partial charge in [-0.3, -0.25) is 0 Å². The van der Waals surface area contributed by atoms with Crippen molar-refractivity contribution in [3.8, 4) is 0 Å². The van der Waals surface area contributed by atoms with Crippen LogP contribution in [-0.4, -0.2) is 18.4 Å². The molecule has 1 aromatic heterocycles. The highest BCUT2D eigenvalue weighted by atomic mass is 35.7. The maximum atomic E-state index is 11.4. The molecule has 6 heteroatoms. The summed E-state index contributed by atoms with van der Waals surface area (Å²) in [5.74, 6) is 0.736. The summed E-state index contributed by atoms with van der Waals surface area (Å²) in [6, 6.07) is 4.88. The van der Waals surface area contributed by atoms with Gasteiger partial charge in [-0.05, 0) is 12.1 Å². The normalized spacial score (nSPS) is 13.2. The Labute approximate surface area is 104 Å². The second-order valence-electron chi connectivity index (χ2n) is 4.93. The maximum absolute atomic E-state index is 11.4. The molecule has 0 aliphatic rings. The fourth-order valence-electron chi connectivity index (χ4n) is 1.56. The molecule has 0 spiro atoms. The van der Waals surface area contributed by atoms with Gasteiger partial charge in [-0.2, -0.15) is 0 Å². The number of rotatable bonds is 1. The van der Waals surface area contributed by atoms with Gasteiger partial charge in [-0.1, -0.05) is 26.8 Å². The van der Waals surface area contributed by atoms with Crippen LogP contribution in [0.15, 0.2) is 23.1 Å². The van der Waals surface area contributed by atoms with Crippen LogP contribution < -0.4 is 0 Å². The van der Waals surface area contributed by atoms with Crippen molar-refractivity contribution >= 4 is 30.8 Å². The summed E-state index contributed by atoms with van der Waals surface area (Å²) in [6.45, 7) is 6.00. The Kier molecular flexibility index (Phi) is 2.71. The number of nitrogens with one attached hydrogen (secondary N) is 1. The third kappa shape index (κ3) is 2.30. The van der Waals surface area contributed by atoms with E-state index in [4.69, 9.17) is 10.7 Å². The van der Waals surface area contributed by atoms with Crippen LogP contribution in [-0.2, 0) is 14.5 Å². The van der Waals surface area contributed by atoms with Crippen molar-refractivity contribution in [1.29, 1.82) is 0 Å². The third-order valence-corrected chi connectivity index (χ3v) is 3.80. The summed E-state index contributed by atoms with van der Waals surface area (Å²) in [6.07, 6.45) is 0. The zero-order valence-corrected chi connectivity index (χ0v) is 11.4. The molecule has 0 amide bonds. The maximum Gasteiger partial charge on any atom is 0.263 e. The van der Waals surface area contributed by atoms with E-state index in [2.05, 4.69) is 9.97 Å². The Morgan fingerprint density at radius 3 is 2.47 bits per heavy atom. The van der Waals surface area contributed by atoms with Gasteiger partial charge in [0.2, 0.25) is 0 Å². The van der Waals surface area contributed by atoms with Gasteiger partial charge in [0, 0.05) is 16.1 Å². The Morgan fingerprint density at radius 2 is 1.94 bits per heavy atom. The number of halogens is 1. The van der Waals surface area contributed by atoms with Gasteiger partial charge in [-0.25, -0.2) is 13.4 Å². The number of H-pyrrole nitrogens is 1. The SMILES string of the molecule is CC(C)(C)c1nc2c(S(=O)(=O)Cl)cccc2[nH]1. The number of hydrogen-bond acceptors (Lipinski definition) is 3. The summed E-state index contributed by atoms with van der Waals surface area (Å²) in [5.41, 5.74) is 0.899. The highest BCUT2D eigenvalue weighted by molar-refractivity contribution is 8.14. The quantitative estimate of drug-likeness (QED) is 0.812. The van der Waals surface area contributed by atoms with Crippen LogP contribution in [0.1, 0.15) is 26.6 Å². The van der Waals surface area contributed by atoms with Crippen LogP contribution in [0.3, 0.4) is 0 Å². The second-order valence-corrected chi connectivity index (χ2v) is 7.46. The molecule has 0 aliphatic carbocycles. The second kappa shape index (κ2) is 3.71. The van der Waals surface area contributed by atoms with E-state index >= 15 is 0 Å². The molecule has 0 bridgehead atoms. The molecule has 0 saturated carbocycles. The van der Waals surface area contributed by atoms with Crippen molar-refractivity contribution in [2.45, 2.75) is 31.1 Å². The fraction of sp³-hybridized carbons (Fsp3) is 0.364. The Hall–Kier alpha value is -1.07. The average Bonchev–Trinajstić information content (AvgIpc) is 2.57. The van der Waals surface area contributed by atoms with Gasteiger partial charge in [0.05, 0.1) is 5.52 Å². The standard InChI is InChI=1S/C11H13ClN2O2S/c1-11(2,3)10-13-7-5-4-6-8(9(7)14-10)17(12,15)16/h4-6H,1-3H3,(H,13,14). The van der Waals surface area contributed by atoms with E-state index < -0.39 is 9.05 Å². The lowest BCUT2D eigenvalue weighted by molar-refractivity contribution is 0.554. The molecule has 0 unspecified atom stereocenters. The lowest BCUT2D eigenvalue weighted by Crippen LogP contribution is -2.13. The summed E-state index contributed by atoms with van der Waals surface area (Å²) >= 11 is 0. The zero-order valence-electron chi connectivity index (χ0n) is 9.78. The number of benzene rings is 1. The van der Waals surface area contributed by atoms with Gasteiger partial charge in [0.1, 0.15) is 16.2 Å². The molecule has 4 nitrogen and oxygen atoms in total. The summed E-state index contributed by atoms with van der Waals surface area (Å²) in [7, 11) is 1.61. The number of fused-ring (bicyclic) bond motifs is 1. The minimum absolute atomic E-state index is 0.0448. The van der Waals surface area contributed by atoms with Crippen LogP contribution >= 0.6 is 10.7 Å². The predicted molar refractivity (Wildman–Crippen MR) is 67.8 cm³/mol. The van der Waals surface area contributed by atoms with Crippen molar-refractivity contribution in [3.63, 3.8) is 0 Å². The van der Waals surface area contributed by atoms with E-state index in [0.717, 1.165) is 5.82 Å². The average molecular weight is 273 g/mol. The molecule has 92 valence electrons. The topological polar surface area (TPSA) is 62.8 Å². The number of aromatic nitrogens is 2. The van der Waals surface area contributed by atoms with Crippen LogP contribution in [0.2, 0.25) is 0 Å². The van der Waals surface area contributed by atoms with E-state index in [9.17, 15) is 8.42 Å². The minimum Gasteiger partial charge on any atom is -0.341 e. The van der Waals surface area contributed by atoms with Crippen molar-refractivity contribution < 1.29 is 8.42 Å². The molecule has 0 fully saturated rings. The predicted octanol–water partition coefficient (Wildman–Crippen LogP) is 2.79. The molecular weight excluding hydrogens is 260 g/mol. The Bertz CT molecular complexity index is 668. The highest BCUT2D eigenvalue weighted by Crippen LogP contribution is 2.27. The van der Waals surface area contributed by atoms with Crippen LogP contribution in [0.25, 0.3) is 11.0 Å². The monoisotopic (exact) mass is 272 g/mol. The molecule has 0 radical (unpaired) electrons. The first-order valence-corrected chi connectivity index (χ1v) is 7.44. The van der Waals surface area contributed by atoms with Crippen molar-refractivity contribution in [1.82, 2.24) is 9.97 Å². The molecule has 0 atom stereocenters. The first-order chi connectivity index (χ1) is 7.69. The van der Waals surface area contributed by atoms with Crippen LogP contribution in [0, 0.1) is 0 Å². The fourth-order valence-corrected chi connectivity index (χ4v) is 2.56. The largest absolute Gasteiger partial charge is 0.341 e. The van der Waals surface area contributed by atoms with Gasteiger partial charge in [-0.15, -0.1) is 0 Å². The van der Waals surface area contributed by atoms with Gasteiger partial charge in [0.25, 0.3) is 9.05 Å². The Morgan fingerprint density at radius 1 is 1.29 bits per heavy atom. The summed E-state index contributed by atoms with van der Waals surface area (Å²) < 4.78 is 22.8. The minimum atomic E-state index is -3.77. The molecule has 17 heavy (non-hydrogen) atoms. The number of nitrogens with zero attached hydrogens (tertiary/aromatic N) is 1. The van der Waals surface area contributed by atoms with Gasteiger partial charge < -0.3 is 4.98 Å². The van der Waals surface area contributed by atoms with Crippen molar-refractivity contribution in [2.24, 2.45) is 0 Å². The molecule has 1 N–H and O–H groups in total. The van der Waals surface area contributed by atoms with Crippen molar-refractivity contribution in [3.05, 3.63) is 24.0 Å². The van der Waals surface area contributed by atoms with E-state index in [0.29, 0.717) is 11.0 Å². The summed E-state index contributed by atoms with van der Waals surface area (Å²) in [4.78, 5) is 7.49. The number of para-hydroxylation sites is 1. The van der Waals surface area contributed by atoms with E-state index in [1.807, 2.05) is 20.8 Å². The van der Waals surface area contributed by atoms with Gasteiger partial charge in [0.15, 0.2) is 0 Å². The lowest BCUT2D eigenvalue weighted by atomic mass is 9.96. The first kappa shape index (κ1) is 12.4. The van der Waals surface area contributed by atoms with Crippen LogP contribution in [0.4, 0.5) is 0 Å². The smallest absolute Gasteiger partial charge is 0.263 e. The van der Waals surface area contributed by atoms with Crippen molar-refractivity contribution in [2.75, 3.05) is 0 Å². The highest BCUT2D eigenvalue weighted by Gasteiger charge is 2.22. The number of hydrogen-bond donors (Lipinski definition) is 1. The van der Waals surface area contributed by atoms with Gasteiger partial charge >= 0.3 is 0 Å². The van der Waals surface area contributed by atoms with E-state index in [1.54, 1.807) is 12.1 Å². The number of imidazole rings is 1. The summed E-state index contributed by atoms with van der Waals surface area (Å²) in [5, 5.41) is 0. The molecule has 1 heterocycles. The molecule has 2 rings (SSSR count). The number of aromatic amines is 1. The molecular formula is C11H13ClN2O2S. The third-order valence-electron chi connectivity index (χ3n) is 2.45. The van der Waals surface area contributed by atoms with Crippen LogP contribution in [0.5, 0.6) is 0 Å². The zero-order chi connectivity index (χ0) is 12.8. The Balaban J connectivity index is 2.79. The van der Waals surface area contributed by atoms with E-state index in [1.165, 1.54) is 6.07 Å². The molecule has 2 aromatic rings. The molecule has 0 saturated heterocycles. The molecule has 0 aliphatic heterocycles.